The Bertz CT molecular complexity index is 858. The molecular weight excluding hydrogens is 316 g/mol. The fraction of sp³-hybridized carbons (Fsp3) is 0.450. The number of rotatable bonds is 1. The molecule has 0 bridgehead atoms. The number of ether oxygens (including phenoxy) is 1. The number of aliphatic hydroxyl groups is 1. The lowest BCUT2D eigenvalue weighted by Gasteiger charge is -2.46. The lowest BCUT2D eigenvalue weighted by atomic mass is 9.61. The Morgan fingerprint density at radius 2 is 2.24 bits per heavy atom. The van der Waals surface area contributed by atoms with E-state index in [4.69, 9.17) is 4.74 Å². The average Bonchev–Trinajstić information content (AvgIpc) is 3.26. The first kappa shape index (κ1) is 15.2. The van der Waals surface area contributed by atoms with Crippen LogP contribution >= 0.6 is 0 Å². The molecule has 0 unspecified atom stereocenters. The number of anilines is 1. The number of nitrogens with one attached hydrogen (secondary N) is 1. The van der Waals surface area contributed by atoms with Crippen LogP contribution in [0.4, 0.5) is 5.69 Å². The maximum absolute atomic E-state index is 12.6. The number of nitrogens with zero attached hydrogens (tertiary/aromatic N) is 1. The van der Waals surface area contributed by atoms with Crippen LogP contribution in [0.5, 0.6) is 0 Å². The molecule has 1 aliphatic carbocycles. The fourth-order valence-electron chi connectivity index (χ4n) is 5.77. The molecule has 5 heteroatoms. The third kappa shape index (κ3) is 1.59. The summed E-state index contributed by atoms with van der Waals surface area (Å²) in [6, 6.07) is 8.19. The molecule has 2 saturated heterocycles. The normalized spacial score (nSPS) is 36.9. The van der Waals surface area contributed by atoms with Crippen LogP contribution in [-0.2, 0) is 14.9 Å². The zero-order chi connectivity index (χ0) is 17.4. The van der Waals surface area contributed by atoms with Crippen LogP contribution in [0, 0.1) is 0 Å². The summed E-state index contributed by atoms with van der Waals surface area (Å²) in [4.78, 5) is 15.0. The molecule has 1 aromatic carbocycles. The van der Waals surface area contributed by atoms with Gasteiger partial charge in [-0.1, -0.05) is 24.3 Å². The van der Waals surface area contributed by atoms with Crippen molar-refractivity contribution in [3.8, 4) is 0 Å². The first-order valence-corrected chi connectivity index (χ1v) is 8.87. The van der Waals surface area contributed by atoms with E-state index >= 15 is 0 Å². The van der Waals surface area contributed by atoms with Gasteiger partial charge in [-0.15, -0.1) is 0 Å². The maximum Gasteiger partial charge on any atom is 0.335 e. The molecule has 0 radical (unpaired) electrons. The number of methoxy groups -OCH3 is 1. The molecule has 2 fully saturated rings. The SMILES string of the molecule is C/C=C1\CN2CC[C@]34C(=C(C(=O)OC)C[C@@]1(O)[C@H]23)Nc1ccccc14. The Kier molecular flexibility index (Phi) is 2.88. The molecule has 3 aliphatic heterocycles. The van der Waals surface area contributed by atoms with Gasteiger partial charge < -0.3 is 15.2 Å². The summed E-state index contributed by atoms with van der Waals surface area (Å²) in [6.07, 6.45) is 3.22. The Balaban J connectivity index is 1.83. The van der Waals surface area contributed by atoms with E-state index in [1.165, 1.54) is 12.7 Å². The summed E-state index contributed by atoms with van der Waals surface area (Å²) >= 11 is 0. The van der Waals surface area contributed by atoms with Crippen molar-refractivity contribution >= 4 is 11.7 Å². The Labute approximate surface area is 147 Å². The second kappa shape index (κ2) is 4.74. The molecule has 0 aromatic heterocycles. The van der Waals surface area contributed by atoms with Crippen molar-refractivity contribution in [2.45, 2.75) is 36.8 Å². The number of esters is 1. The van der Waals surface area contributed by atoms with Crippen LogP contribution in [-0.4, -0.2) is 47.8 Å². The number of hydrogen-bond acceptors (Lipinski definition) is 5. The Morgan fingerprint density at radius 3 is 3.00 bits per heavy atom. The smallest absolute Gasteiger partial charge is 0.335 e. The summed E-state index contributed by atoms with van der Waals surface area (Å²) in [6.45, 7) is 3.65. The minimum atomic E-state index is -1.02. The standard InChI is InChI=1S/C20H22N2O3/c1-3-12-11-22-9-8-19-14-6-4-5-7-15(14)21-16(19)13(17(23)25-2)10-20(12,24)18(19)22/h3-7,18,21,24H,8-11H2,1-2H3/b12-3+/t18-,19+,20+/m1/s1. The molecular formula is C20H22N2O3. The highest BCUT2D eigenvalue weighted by Gasteiger charge is 2.69. The van der Waals surface area contributed by atoms with Crippen molar-refractivity contribution in [2.75, 3.05) is 25.5 Å². The van der Waals surface area contributed by atoms with E-state index in [1.807, 2.05) is 25.1 Å². The summed E-state index contributed by atoms with van der Waals surface area (Å²) in [5, 5.41) is 15.3. The van der Waals surface area contributed by atoms with Gasteiger partial charge in [0.1, 0.15) is 5.60 Å². The molecule has 3 atom stereocenters. The van der Waals surface area contributed by atoms with Crippen molar-refractivity contribution in [1.29, 1.82) is 0 Å². The second-order valence-electron chi connectivity index (χ2n) is 7.53. The van der Waals surface area contributed by atoms with Crippen LogP contribution in [0.2, 0.25) is 0 Å². The zero-order valence-corrected chi connectivity index (χ0v) is 14.5. The van der Waals surface area contributed by atoms with Crippen molar-refractivity contribution in [3.05, 3.63) is 52.7 Å². The summed E-state index contributed by atoms with van der Waals surface area (Å²) in [7, 11) is 1.41. The minimum Gasteiger partial charge on any atom is -0.466 e. The molecule has 3 heterocycles. The molecule has 1 aromatic rings. The summed E-state index contributed by atoms with van der Waals surface area (Å²) < 4.78 is 5.08. The molecule has 5 rings (SSSR count). The number of fused-ring (bicyclic) bond motifs is 1. The molecule has 1 spiro atoms. The highest BCUT2D eigenvalue weighted by molar-refractivity contribution is 5.93. The van der Waals surface area contributed by atoms with E-state index in [9.17, 15) is 9.90 Å². The van der Waals surface area contributed by atoms with Gasteiger partial charge in [0.05, 0.1) is 24.1 Å². The fourth-order valence-corrected chi connectivity index (χ4v) is 5.77. The lowest BCUT2D eigenvalue weighted by Crippen LogP contribution is -2.57. The van der Waals surface area contributed by atoms with Crippen molar-refractivity contribution in [1.82, 2.24) is 4.90 Å². The van der Waals surface area contributed by atoms with Crippen molar-refractivity contribution < 1.29 is 14.6 Å². The van der Waals surface area contributed by atoms with E-state index in [0.717, 1.165) is 36.5 Å². The van der Waals surface area contributed by atoms with E-state index in [1.54, 1.807) is 0 Å². The van der Waals surface area contributed by atoms with E-state index in [-0.39, 0.29) is 17.4 Å². The maximum atomic E-state index is 12.6. The number of benzene rings is 1. The van der Waals surface area contributed by atoms with Gasteiger partial charge in [0, 0.05) is 30.9 Å². The quantitative estimate of drug-likeness (QED) is 0.605. The largest absolute Gasteiger partial charge is 0.466 e. The number of carbonyl (C=O) groups excluding carboxylic acids is 1. The number of carbonyl (C=O) groups is 1. The molecule has 0 amide bonds. The average molecular weight is 338 g/mol. The van der Waals surface area contributed by atoms with Crippen LogP contribution in [0.3, 0.4) is 0 Å². The van der Waals surface area contributed by atoms with Crippen molar-refractivity contribution in [2.24, 2.45) is 0 Å². The van der Waals surface area contributed by atoms with Gasteiger partial charge in [-0.3, -0.25) is 4.90 Å². The Morgan fingerprint density at radius 1 is 1.44 bits per heavy atom. The zero-order valence-electron chi connectivity index (χ0n) is 14.5. The molecule has 25 heavy (non-hydrogen) atoms. The third-order valence-corrected chi connectivity index (χ3v) is 6.65. The topological polar surface area (TPSA) is 61.8 Å². The monoisotopic (exact) mass is 338 g/mol. The van der Waals surface area contributed by atoms with Crippen molar-refractivity contribution in [3.63, 3.8) is 0 Å². The van der Waals surface area contributed by atoms with Gasteiger partial charge >= 0.3 is 5.97 Å². The second-order valence-corrected chi connectivity index (χ2v) is 7.53. The van der Waals surface area contributed by atoms with Gasteiger partial charge in [0.25, 0.3) is 0 Å². The minimum absolute atomic E-state index is 0.0363. The molecule has 5 nitrogen and oxygen atoms in total. The summed E-state index contributed by atoms with van der Waals surface area (Å²) in [5.41, 5.74) is 3.39. The van der Waals surface area contributed by atoms with Crippen LogP contribution in [0.1, 0.15) is 25.3 Å². The lowest BCUT2D eigenvalue weighted by molar-refractivity contribution is -0.137. The van der Waals surface area contributed by atoms with Gasteiger partial charge in [-0.25, -0.2) is 4.79 Å². The number of hydrogen-bond donors (Lipinski definition) is 2. The first-order chi connectivity index (χ1) is 12.1. The number of allylic oxidation sites excluding steroid dienone is 1. The Hall–Kier alpha value is -2.11. The van der Waals surface area contributed by atoms with E-state index in [0.29, 0.717) is 12.0 Å². The highest BCUT2D eigenvalue weighted by Crippen LogP contribution is 2.63. The van der Waals surface area contributed by atoms with Gasteiger partial charge in [0.2, 0.25) is 0 Å². The predicted octanol–water partition coefficient (Wildman–Crippen LogP) is 1.95. The van der Waals surface area contributed by atoms with Gasteiger partial charge in [0.15, 0.2) is 0 Å². The number of para-hydroxylation sites is 1. The van der Waals surface area contributed by atoms with Gasteiger partial charge in [-0.05, 0) is 30.5 Å². The molecule has 0 saturated carbocycles. The predicted molar refractivity (Wildman–Crippen MR) is 94.1 cm³/mol. The molecule has 2 N–H and O–H groups in total. The molecule has 4 aliphatic rings. The third-order valence-electron chi connectivity index (χ3n) is 6.65. The first-order valence-electron chi connectivity index (χ1n) is 8.87. The van der Waals surface area contributed by atoms with Crippen LogP contribution < -0.4 is 5.32 Å². The molecule has 130 valence electrons. The summed E-state index contributed by atoms with van der Waals surface area (Å²) in [5.74, 6) is -0.345. The van der Waals surface area contributed by atoms with Crippen LogP contribution in [0.25, 0.3) is 0 Å². The van der Waals surface area contributed by atoms with E-state index in [2.05, 4.69) is 22.3 Å². The van der Waals surface area contributed by atoms with Crippen LogP contribution in [0.15, 0.2) is 47.2 Å². The van der Waals surface area contributed by atoms with E-state index < -0.39 is 5.60 Å². The highest BCUT2D eigenvalue weighted by atomic mass is 16.5. The van der Waals surface area contributed by atoms with Gasteiger partial charge in [-0.2, -0.15) is 0 Å².